The summed E-state index contributed by atoms with van der Waals surface area (Å²) in [5.41, 5.74) is 1.24. The van der Waals surface area contributed by atoms with E-state index in [1.807, 2.05) is 30.3 Å². The Balaban J connectivity index is 1.67. The molecule has 2 heterocycles. The molecule has 3 rings (SSSR count). The molecule has 0 aliphatic carbocycles. The van der Waals surface area contributed by atoms with E-state index in [2.05, 4.69) is 10.3 Å². The van der Waals surface area contributed by atoms with Crippen molar-refractivity contribution in [2.75, 3.05) is 13.1 Å². The molecule has 0 unspecified atom stereocenters. The third-order valence-corrected chi connectivity index (χ3v) is 6.03. The van der Waals surface area contributed by atoms with Gasteiger partial charge in [-0.1, -0.05) is 36.8 Å². The lowest BCUT2D eigenvalue weighted by molar-refractivity contribution is 0.0946. The van der Waals surface area contributed by atoms with Crippen LogP contribution in [0.1, 0.15) is 35.3 Å². The number of rotatable bonds is 5. The molecule has 1 aromatic carbocycles. The van der Waals surface area contributed by atoms with E-state index in [4.69, 9.17) is 0 Å². The second-order valence-electron chi connectivity index (χ2n) is 5.88. The van der Waals surface area contributed by atoms with E-state index < -0.39 is 10.0 Å². The van der Waals surface area contributed by atoms with Gasteiger partial charge in [-0.15, -0.1) is 0 Å². The number of aromatic amines is 1. The number of aromatic nitrogens is 1. The van der Waals surface area contributed by atoms with E-state index in [1.54, 1.807) is 0 Å². The second-order valence-corrected chi connectivity index (χ2v) is 7.82. The standard InChI is InChI=1S/C17H21N3O3S/c21-17(19-12-14-7-3-1-4-8-14)16-11-15(13-18-16)24(22,23)20-9-5-2-6-10-20/h1,3-4,7-8,11,13,18H,2,5-6,9-10,12H2,(H,19,21). The minimum Gasteiger partial charge on any atom is -0.356 e. The first kappa shape index (κ1) is 16.7. The first-order valence-corrected chi connectivity index (χ1v) is 9.52. The number of piperidine rings is 1. The summed E-state index contributed by atoms with van der Waals surface area (Å²) in [6.45, 7) is 1.49. The number of H-pyrrole nitrogens is 1. The number of amides is 1. The highest BCUT2D eigenvalue weighted by molar-refractivity contribution is 7.89. The van der Waals surface area contributed by atoms with Crippen LogP contribution in [0.2, 0.25) is 0 Å². The van der Waals surface area contributed by atoms with Crippen LogP contribution in [0.4, 0.5) is 0 Å². The zero-order valence-corrected chi connectivity index (χ0v) is 14.2. The van der Waals surface area contributed by atoms with E-state index in [1.165, 1.54) is 16.6 Å². The normalized spacial score (nSPS) is 16.0. The molecule has 1 fully saturated rings. The van der Waals surface area contributed by atoms with Crippen molar-refractivity contribution in [2.24, 2.45) is 0 Å². The van der Waals surface area contributed by atoms with Gasteiger partial charge in [-0.25, -0.2) is 8.42 Å². The zero-order chi connectivity index (χ0) is 17.0. The van der Waals surface area contributed by atoms with Crippen LogP contribution in [-0.4, -0.2) is 36.7 Å². The van der Waals surface area contributed by atoms with Crippen LogP contribution in [0.15, 0.2) is 47.5 Å². The summed E-state index contributed by atoms with van der Waals surface area (Å²) < 4.78 is 26.6. The maximum absolute atomic E-state index is 12.6. The molecule has 1 aliphatic heterocycles. The smallest absolute Gasteiger partial charge is 0.268 e. The third-order valence-electron chi connectivity index (χ3n) is 4.15. The molecule has 2 aromatic rings. The maximum Gasteiger partial charge on any atom is 0.268 e. The number of carbonyl (C=O) groups is 1. The number of benzene rings is 1. The zero-order valence-electron chi connectivity index (χ0n) is 13.4. The van der Waals surface area contributed by atoms with Gasteiger partial charge in [0, 0.05) is 25.8 Å². The second kappa shape index (κ2) is 7.19. The Labute approximate surface area is 141 Å². The molecule has 2 N–H and O–H groups in total. The fraction of sp³-hybridized carbons (Fsp3) is 0.353. The van der Waals surface area contributed by atoms with Crippen molar-refractivity contribution < 1.29 is 13.2 Å². The SMILES string of the molecule is O=C(NCc1ccccc1)c1cc(S(=O)(=O)N2CCCCC2)c[nH]1. The van der Waals surface area contributed by atoms with Gasteiger partial charge in [0.2, 0.25) is 10.0 Å². The van der Waals surface area contributed by atoms with Crippen molar-refractivity contribution in [2.45, 2.75) is 30.7 Å². The molecule has 1 saturated heterocycles. The molecule has 0 saturated carbocycles. The van der Waals surface area contributed by atoms with Crippen molar-refractivity contribution in [1.82, 2.24) is 14.6 Å². The van der Waals surface area contributed by atoms with Gasteiger partial charge in [0.25, 0.3) is 5.91 Å². The summed E-state index contributed by atoms with van der Waals surface area (Å²) in [5.74, 6) is -0.320. The number of hydrogen-bond donors (Lipinski definition) is 2. The predicted molar refractivity (Wildman–Crippen MR) is 91.0 cm³/mol. The lowest BCUT2D eigenvalue weighted by atomic mass is 10.2. The topological polar surface area (TPSA) is 82.3 Å². The molecule has 24 heavy (non-hydrogen) atoms. The largest absolute Gasteiger partial charge is 0.356 e. The molecular weight excluding hydrogens is 326 g/mol. The molecule has 0 radical (unpaired) electrons. The molecule has 0 atom stereocenters. The Bertz CT molecular complexity index is 793. The number of nitrogens with zero attached hydrogens (tertiary/aromatic N) is 1. The average molecular weight is 347 g/mol. The molecule has 1 aliphatic rings. The van der Waals surface area contributed by atoms with E-state index >= 15 is 0 Å². The predicted octanol–water partition coefficient (Wildman–Crippen LogP) is 2.12. The lowest BCUT2D eigenvalue weighted by Gasteiger charge is -2.25. The minimum atomic E-state index is -3.52. The highest BCUT2D eigenvalue weighted by Gasteiger charge is 2.27. The molecule has 0 bridgehead atoms. The van der Waals surface area contributed by atoms with Crippen LogP contribution >= 0.6 is 0 Å². The molecule has 6 nitrogen and oxygen atoms in total. The average Bonchev–Trinajstić information content (AvgIpc) is 3.12. The Kier molecular flexibility index (Phi) is 5.01. The van der Waals surface area contributed by atoms with Gasteiger partial charge in [0.15, 0.2) is 0 Å². The first-order chi connectivity index (χ1) is 11.6. The van der Waals surface area contributed by atoms with Gasteiger partial charge in [0.05, 0.1) is 0 Å². The van der Waals surface area contributed by atoms with E-state index in [0.29, 0.717) is 19.6 Å². The quantitative estimate of drug-likeness (QED) is 0.869. The van der Waals surface area contributed by atoms with Gasteiger partial charge in [-0.2, -0.15) is 4.31 Å². The summed E-state index contributed by atoms with van der Waals surface area (Å²) >= 11 is 0. The summed E-state index contributed by atoms with van der Waals surface area (Å²) in [6.07, 6.45) is 4.22. The summed E-state index contributed by atoms with van der Waals surface area (Å²) in [5, 5.41) is 2.78. The van der Waals surface area contributed by atoms with Crippen molar-refractivity contribution >= 4 is 15.9 Å². The molecule has 0 spiro atoms. The van der Waals surface area contributed by atoms with Crippen molar-refractivity contribution in [3.63, 3.8) is 0 Å². The minimum absolute atomic E-state index is 0.147. The molecule has 7 heteroatoms. The Hall–Kier alpha value is -2.12. The Morgan fingerprint density at radius 1 is 1.12 bits per heavy atom. The highest BCUT2D eigenvalue weighted by atomic mass is 32.2. The number of carbonyl (C=O) groups excluding carboxylic acids is 1. The lowest BCUT2D eigenvalue weighted by Crippen LogP contribution is -2.35. The third kappa shape index (κ3) is 3.68. The molecular formula is C17H21N3O3S. The van der Waals surface area contributed by atoms with Gasteiger partial charge >= 0.3 is 0 Å². The van der Waals surface area contributed by atoms with Crippen LogP contribution in [0.5, 0.6) is 0 Å². The van der Waals surface area contributed by atoms with Gasteiger partial charge < -0.3 is 10.3 Å². The van der Waals surface area contributed by atoms with Gasteiger partial charge in [-0.05, 0) is 24.5 Å². The Morgan fingerprint density at radius 2 is 1.83 bits per heavy atom. The molecule has 1 amide bonds. The summed E-state index contributed by atoms with van der Waals surface area (Å²) in [4.78, 5) is 15.1. The number of nitrogens with one attached hydrogen (secondary N) is 2. The van der Waals surface area contributed by atoms with Crippen LogP contribution in [-0.2, 0) is 16.6 Å². The number of hydrogen-bond acceptors (Lipinski definition) is 3. The van der Waals surface area contributed by atoms with Crippen LogP contribution in [0, 0.1) is 0 Å². The van der Waals surface area contributed by atoms with E-state index in [-0.39, 0.29) is 16.5 Å². The van der Waals surface area contributed by atoms with Gasteiger partial charge in [-0.3, -0.25) is 4.79 Å². The van der Waals surface area contributed by atoms with Crippen molar-refractivity contribution in [3.8, 4) is 0 Å². The van der Waals surface area contributed by atoms with E-state index in [0.717, 1.165) is 24.8 Å². The van der Waals surface area contributed by atoms with Crippen LogP contribution < -0.4 is 5.32 Å². The monoisotopic (exact) mass is 347 g/mol. The summed E-state index contributed by atoms with van der Waals surface area (Å²) in [7, 11) is -3.52. The fourth-order valence-electron chi connectivity index (χ4n) is 2.78. The van der Waals surface area contributed by atoms with E-state index in [9.17, 15) is 13.2 Å². The first-order valence-electron chi connectivity index (χ1n) is 8.08. The van der Waals surface area contributed by atoms with Crippen LogP contribution in [0.25, 0.3) is 0 Å². The van der Waals surface area contributed by atoms with Crippen LogP contribution in [0.3, 0.4) is 0 Å². The molecule has 128 valence electrons. The maximum atomic E-state index is 12.6. The Morgan fingerprint density at radius 3 is 2.54 bits per heavy atom. The summed E-state index contributed by atoms with van der Waals surface area (Å²) in [6, 6.07) is 11.0. The molecule has 1 aromatic heterocycles. The van der Waals surface area contributed by atoms with Crippen molar-refractivity contribution in [1.29, 1.82) is 0 Å². The van der Waals surface area contributed by atoms with Gasteiger partial charge in [0.1, 0.15) is 10.6 Å². The highest BCUT2D eigenvalue weighted by Crippen LogP contribution is 2.21. The number of sulfonamides is 1. The fourth-order valence-corrected chi connectivity index (χ4v) is 4.29. The van der Waals surface area contributed by atoms with Crippen molar-refractivity contribution in [3.05, 3.63) is 53.9 Å².